The number of benzene rings is 1. The number of rotatable bonds is 7. The van der Waals surface area contributed by atoms with E-state index in [1.165, 1.54) is 4.88 Å². The number of thiophene rings is 1. The molecule has 7 nitrogen and oxygen atoms in total. The fourth-order valence-electron chi connectivity index (χ4n) is 3.99. The third-order valence-electron chi connectivity index (χ3n) is 6.03. The summed E-state index contributed by atoms with van der Waals surface area (Å²) in [6.45, 7) is 7.69. The number of carbonyl (C=O) groups excluding carboxylic acids is 2. The lowest BCUT2D eigenvalue weighted by atomic mass is 10.1. The lowest BCUT2D eigenvalue weighted by Gasteiger charge is -2.34. The molecule has 3 aromatic rings. The first-order chi connectivity index (χ1) is 16.4. The van der Waals surface area contributed by atoms with E-state index in [1.54, 1.807) is 33.2 Å². The van der Waals surface area contributed by atoms with Crippen LogP contribution >= 0.6 is 11.3 Å². The van der Waals surface area contributed by atoms with Crippen molar-refractivity contribution in [3.8, 4) is 0 Å². The number of piperazine rings is 1. The SMILES string of the molecule is CC(C)n1cc(C(=O)NCc2ccccc2)c(=O)c(C(=O)N2CCN(Cc3cccs3)CC2)c1. The Balaban J connectivity index is 1.49. The summed E-state index contributed by atoms with van der Waals surface area (Å²) < 4.78 is 1.76. The Morgan fingerprint density at radius 2 is 1.68 bits per heavy atom. The molecule has 1 aromatic carbocycles. The number of pyridine rings is 1. The summed E-state index contributed by atoms with van der Waals surface area (Å²) >= 11 is 1.73. The van der Waals surface area contributed by atoms with Crippen LogP contribution in [0.1, 0.15) is 51.0 Å². The van der Waals surface area contributed by atoms with Crippen molar-refractivity contribution in [2.45, 2.75) is 33.0 Å². The van der Waals surface area contributed by atoms with Gasteiger partial charge in [0, 0.05) is 62.6 Å². The van der Waals surface area contributed by atoms with Crippen molar-refractivity contribution in [3.63, 3.8) is 0 Å². The molecule has 0 spiro atoms. The molecule has 0 aliphatic carbocycles. The largest absolute Gasteiger partial charge is 0.350 e. The van der Waals surface area contributed by atoms with E-state index < -0.39 is 11.3 Å². The summed E-state index contributed by atoms with van der Waals surface area (Å²) in [5.74, 6) is -0.786. The Bertz CT molecular complexity index is 1180. The van der Waals surface area contributed by atoms with Crippen LogP contribution in [0.2, 0.25) is 0 Å². The van der Waals surface area contributed by atoms with Gasteiger partial charge in [0.15, 0.2) is 0 Å². The van der Waals surface area contributed by atoms with Crippen molar-refractivity contribution >= 4 is 23.2 Å². The molecule has 8 heteroatoms. The molecule has 1 saturated heterocycles. The monoisotopic (exact) mass is 478 g/mol. The van der Waals surface area contributed by atoms with E-state index in [0.29, 0.717) is 19.6 Å². The minimum Gasteiger partial charge on any atom is -0.350 e. The Morgan fingerprint density at radius 3 is 2.32 bits per heavy atom. The molecule has 1 aliphatic heterocycles. The Kier molecular flexibility index (Phi) is 7.59. The average Bonchev–Trinajstić information content (AvgIpc) is 3.36. The maximum Gasteiger partial charge on any atom is 0.259 e. The van der Waals surface area contributed by atoms with Crippen LogP contribution in [-0.2, 0) is 13.1 Å². The quantitative estimate of drug-likeness (QED) is 0.565. The van der Waals surface area contributed by atoms with Gasteiger partial charge in [0.05, 0.1) is 0 Å². The van der Waals surface area contributed by atoms with Gasteiger partial charge >= 0.3 is 0 Å². The van der Waals surface area contributed by atoms with Crippen LogP contribution in [0.25, 0.3) is 0 Å². The smallest absolute Gasteiger partial charge is 0.259 e. The summed E-state index contributed by atoms with van der Waals surface area (Å²) in [5.41, 5.74) is 0.459. The molecule has 2 aromatic heterocycles. The van der Waals surface area contributed by atoms with Gasteiger partial charge in [-0.15, -0.1) is 11.3 Å². The van der Waals surface area contributed by atoms with Crippen LogP contribution in [0.15, 0.2) is 65.0 Å². The predicted molar refractivity (Wildman–Crippen MR) is 134 cm³/mol. The maximum atomic E-state index is 13.3. The molecule has 0 radical (unpaired) electrons. The number of aromatic nitrogens is 1. The lowest BCUT2D eigenvalue weighted by molar-refractivity contribution is 0.0627. The fraction of sp³-hybridized carbons (Fsp3) is 0.346. The summed E-state index contributed by atoms with van der Waals surface area (Å²) in [5, 5.41) is 4.88. The second-order valence-corrected chi connectivity index (χ2v) is 9.80. The molecule has 0 unspecified atom stereocenters. The first-order valence-electron chi connectivity index (χ1n) is 11.5. The zero-order valence-corrected chi connectivity index (χ0v) is 20.4. The Morgan fingerprint density at radius 1 is 0.971 bits per heavy atom. The van der Waals surface area contributed by atoms with Gasteiger partial charge in [-0.05, 0) is 30.9 Å². The van der Waals surface area contributed by atoms with Crippen LogP contribution in [0, 0.1) is 0 Å². The fourth-order valence-corrected chi connectivity index (χ4v) is 4.73. The van der Waals surface area contributed by atoms with E-state index in [4.69, 9.17) is 0 Å². The highest BCUT2D eigenvalue weighted by Gasteiger charge is 2.26. The third kappa shape index (κ3) is 5.63. The van der Waals surface area contributed by atoms with E-state index in [0.717, 1.165) is 25.2 Å². The number of hydrogen-bond donors (Lipinski definition) is 1. The van der Waals surface area contributed by atoms with Gasteiger partial charge in [-0.3, -0.25) is 19.3 Å². The highest BCUT2D eigenvalue weighted by atomic mass is 32.1. The van der Waals surface area contributed by atoms with Gasteiger partial charge in [0.2, 0.25) is 5.43 Å². The molecule has 1 N–H and O–H groups in total. The van der Waals surface area contributed by atoms with Gasteiger partial charge in [-0.2, -0.15) is 0 Å². The zero-order valence-electron chi connectivity index (χ0n) is 19.6. The van der Waals surface area contributed by atoms with Crippen molar-refractivity contribution in [2.24, 2.45) is 0 Å². The average molecular weight is 479 g/mol. The Hall–Kier alpha value is -3.23. The van der Waals surface area contributed by atoms with Crippen molar-refractivity contribution in [1.29, 1.82) is 0 Å². The van der Waals surface area contributed by atoms with E-state index in [-0.39, 0.29) is 23.1 Å². The molecule has 3 heterocycles. The second kappa shape index (κ2) is 10.8. The molecule has 1 fully saturated rings. The Labute approximate surface area is 203 Å². The van der Waals surface area contributed by atoms with Gasteiger partial charge < -0.3 is 14.8 Å². The van der Waals surface area contributed by atoms with Crippen molar-refractivity contribution < 1.29 is 9.59 Å². The first-order valence-corrected chi connectivity index (χ1v) is 12.4. The highest BCUT2D eigenvalue weighted by molar-refractivity contribution is 7.09. The minimum atomic E-state index is -0.520. The van der Waals surface area contributed by atoms with Gasteiger partial charge in [0.1, 0.15) is 11.1 Å². The number of nitrogens with zero attached hydrogens (tertiary/aromatic N) is 3. The molecular formula is C26H30N4O3S. The number of amides is 2. The summed E-state index contributed by atoms with van der Waals surface area (Å²) in [6, 6.07) is 13.7. The second-order valence-electron chi connectivity index (χ2n) is 8.77. The van der Waals surface area contributed by atoms with E-state index in [1.807, 2.05) is 50.2 Å². The molecule has 4 rings (SSSR count). The molecule has 34 heavy (non-hydrogen) atoms. The van der Waals surface area contributed by atoms with Gasteiger partial charge in [0.25, 0.3) is 11.8 Å². The first kappa shape index (κ1) is 23.9. The van der Waals surface area contributed by atoms with Gasteiger partial charge in [-0.1, -0.05) is 36.4 Å². The van der Waals surface area contributed by atoms with E-state index >= 15 is 0 Å². The molecule has 2 amide bonds. The van der Waals surface area contributed by atoms with E-state index in [2.05, 4.69) is 21.7 Å². The zero-order chi connectivity index (χ0) is 24.1. The third-order valence-corrected chi connectivity index (χ3v) is 6.89. The maximum absolute atomic E-state index is 13.3. The standard InChI is InChI=1S/C26H30N4O3S/c1-19(2)30-17-22(25(32)27-15-20-7-4-3-5-8-20)24(31)23(18-30)26(33)29-12-10-28(11-13-29)16-21-9-6-14-34-21/h3-9,14,17-19H,10-13,15-16H2,1-2H3,(H,27,32). The number of nitrogens with one attached hydrogen (secondary N) is 1. The van der Waals surface area contributed by atoms with Gasteiger partial charge in [-0.25, -0.2) is 0 Å². The van der Waals surface area contributed by atoms with Crippen molar-refractivity contribution in [1.82, 2.24) is 19.7 Å². The topological polar surface area (TPSA) is 74.6 Å². The predicted octanol–water partition coefficient (Wildman–Crippen LogP) is 3.38. The normalized spacial score (nSPS) is 14.4. The number of carbonyl (C=O) groups is 2. The summed E-state index contributed by atoms with van der Waals surface area (Å²) in [7, 11) is 0. The number of hydrogen-bond acceptors (Lipinski definition) is 5. The minimum absolute atomic E-state index is 0.00420. The van der Waals surface area contributed by atoms with Crippen molar-refractivity contribution in [2.75, 3.05) is 26.2 Å². The molecular weight excluding hydrogens is 448 g/mol. The molecule has 0 atom stereocenters. The van der Waals surface area contributed by atoms with Crippen LogP contribution in [0.5, 0.6) is 0 Å². The van der Waals surface area contributed by atoms with Crippen LogP contribution in [-0.4, -0.2) is 52.4 Å². The van der Waals surface area contributed by atoms with Crippen molar-refractivity contribution in [3.05, 3.63) is 92.0 Å². The molecule has 1 aliphatic rings. The molecule has 0 bridgehead atoms. The van der Waals surface area contributed by atoms with Crippen LogP contribution in [0.4, 0.5) is 0 Å². The summed E-state index contributed by atoms with van der Waals surface area (Å²) in [6.07, 6.45) is 3.13. The molecule has 0 saturated carbocycles. The van der Waals surface area contributed by atoms with Crippen LogP contribution in [0.3, 0.4) is 0 Å². The molecule has 178 valence electrons. The lowest BCUT2D eigenvalue weighted by Crippen LogP contribution is -2.49. The summed E-state index contributed by atoms with van der Waals surface area (Å²) in [4.78, 5) is 44.8. The highest BCUT2D eigenvalue weighted by Crippen LogP contribution is 2.15. The van der Waals surface area contributed by atoms with Crippen LogP contribution < -0.4 is 10.7 Å². The van der Waals surface area contributed by atoms with E-state index in [9.17, 15) is 14.4 Å².